The number of amides is 3. The van der Waals surface area contributed by atoms with E-state index in [2.05, 4.69) is 10.6 Å². The Hall–Kier alpha value is -3.62. The number of carbonyl (C=O) groups excluding carboxylic acids is 2. The van der Waals surface area contributed by atoms with Gasteiger partial charge in [-0.3, -0.25) is 4.79 Å². The largest absolute Gasteiger partial charge is 0.493 e. The monoisotopic (exact) mass is 415 g/mol. The first-order valence-corrected chi connectivity index (χ1v) is 9.31. The minimum atomic E-state index is -0.408. The second kappa shape index (κ2) is 9.25. The Morgan fingerprint density at radius 2 is 1.50 bits per heavy atom. The summed E-state index contributed by atoms with van der Waals surface area (Å²) in [4.78, 5) is 26.5. The summed E-state index contributed by atoms with van der Waals surface area (Å²) in [5.41, 5.74) is 1.23. The van der Waals surface area contributed by atoms with Crippen LogP contribution in [-0.2, 0) is 4.79 Å². The van der Waals surface area contributed by atoms with E-state index in [1.54, 1.807) is 55.5 Å². The van der Waals surface area contributed by atoms with Crippen molar-refractivity contribution in [1.29, 1.82) is 0 Å². The minimum absolute atomic E-state index is 0.0846. The molecule has 1 atom stereocenters. The molecule has 0 saturated carbocycles. The van der Waals surface area contributed by atoms with Crippen molar-refractivity contribution in [1.82, 2.24) is 5.32 Å². The minimum Gasteiger partial charge on any atom is -0.493 e. The number of hydrogen-bond acceptors (Lipinski definition) is 6. The van der Waals surface area contributed by atoms with E-state index in [4.69, 9.17) is 18.9 Å². The molecule has 9 nitrogen and oxygen atoms in total. The quantitative estimate of drug-likeness (QED) is 0.722. The van der Waals surface area contributed by atoms with Crippen LogP contribution in [-0.4, -0.2) is 53.0 Å². The van der Waals surface area contributed by atoms with Crippen LogP contribution in [0.25, 0.3) is 0 Å². The lowest BCUT2D eigenvalue weighted by molar-refractivity contribution is -0.117. The standard InChI is InChI=1S/C21H25N3O6/c1-27-16-7-5-13(9-18(16)29-3)22-21(26)23-14-10-20(25)24(12-14)15-6-8-17(28-2)19(11-15)30-4/h5-9,11,14H,10,12H2,1-4H3,(H2,22,23,26). The third kappa shape index (κ3) is 4.51. The number of urea groups is 1. The van der Waals surface area contributed by atoms with Crippen molar-refractivity contribution in [2.24, 2.45) is 0 Å². The molecule has 30 heavy (non-hydrogen) atoms. The first-order valence-electron chi connectivity index (χ1n) is 9.31. The highest BCUT2D eigenvalue weighted by atomic mass is 16.5. The Balaban J connectivity index is 1.63. The lowest BCUT2D eigenvalue weighted by Crippen LogP contribution is -2.39. The van der Waals surface area contributed by atoms with Crippen molar-refractivity contribution in [2.45, 2.75) is 12.5 Å². The highest BCUT2D eigenvalue weighted by Crippen LogP contribution is 2.33. The summed E-state index contributed by atoms with van der Waals surface area (Å²) in [5, 5.41) is 5.58. The number of methoxy groups -OCH3 is 4. The molecular formula is C21H25N3O6. The molecule has 2 N–H and O–H groups in total. The van der Waals surface area contributed by atoms with Crippen molar-refractivity contribution < 1.29 is 28.5 Å². The van der Waals surface area contributed by atoms with Gasteiger partial charge in [-0.25, -0.2) is 4.79 Å². The van der Waals surface area contributed by atoms with Gasteiger partial charge in [0.15, 0.2) is 23.0 Å². The van der Waals surface area contributed by atoms with Gasteiger partial charge in [0.2, 0.25) is 5.91 Å². The van der Waals surface area contributed by atoms with Gasteiger partial charge in [0.05, 0.1) is 34.5 Å². The Morgan fingerprint density at radius 1 is 0.900 bits per heavy atom. The molecular weight excluding hydrogens is 390 g/mol. The Kier molecular flexibility index (Phi) is 6.51. The molecule has 2 aromatic rings. The fraction of sp³-hybridized carbons (Fsp3) is 0.333. The topological polar surface area (TPSA) is 98.4 Å². The van der Waals surface area contributed by atoms with E-state index >= 15 is 0 Å². The van der Waals surface area contributed by atoms with Crippen LogP contribution in [0.2, 0.25) is 0 Å². The molecule has 1 aliphatic rings. The van der Waals surface area contributed by atoms with Crippen LogP contribution >= 0.6 is 0 Å². The van der Waals surface area contributed by atoms with E-state index in [0.717, 1.165) is 0 Å². The number of ether oxygens (including phenoxy) is 4. The summed E-state index contributed by atoms with van der Waals surface area (Å²) in [6, 6.07) is 9.59. The maximum atomic E-state index is 12.5. The lowest BCUT2D eigenvalue weighted by atomic mass is 10.2. The molecule has 3 amide bonds. The van der Waals surface area contributed by atoms with E-state index in [0.29, 0.717) is 40.9 Å². The molecule has 1 fully saturated rings. The average molecular weight is 415 g/mol. The van der Waals surface area contributed by atoms with Crippen LogP contribution in [0.1, 0.15) is 6.42 Å². The smallest absolute Gasteiger partial charge is 0.319 e. The van der Waals surface area contributed by atoms with Gasteiger partial charge in [-0.15, -0.1) is 0 Å². The number of carbonyl (C=O) groups is 2. The molecule has 0 aromatic heterocycles. The van der Waals surface area contributed by atoms with E-state index in [1.807, 2.05) is 0 Å². The van der Waals surface area contributed by atoms with Crippen molar-refractivity contribution in [3.63, 3.8) is 0 Å². The highest BCUT2D eigenvalue weighted by Gasteiger charge is 2.32. The van der Waals surface area contributed by atoms with Crippen molar-refractivity contribution >= 4 is 23.3 Å². The molecule has 1 aliphatic heterocycles. The molecule has 160 valence electrons. The summed E-state index contributed by atoms with van der Waals surface area (Å²) >= 11 is 0. The predicted octanol–water partition coefficient (Wildman–Crippen LogP) is 2.65. The summed E-state index contributed by atoms with van der Waals surface area (Å²) in [5.74, 6) is 2.10. The van der Waals surface area contributed by atoms with Gasteiger partial charge in [0.1, 0.15) is 0 Å². The molecule has 1 heterocycles. The lowest BCUT2D eigenvalue weighted by Gasteiger charge is -2.19. The van der Waals surface area contributed by atoms with Gasteiger partial charge in [-0.1, -0.05) is 0 Å². The Morgan fingerprint density at radius 3 is 2.13 bits per heavy atom. The van der Waals surface area contributed by atoms with Crippen LogP contribution in [0.3, 0.4) is 0 Å². The van der Waals surface area contributed by atoms with Gasteiger partial charge in [0, 0.05) is 36.5 Å². The summed E-state index contributed by atoms with van der Waals surface area (Å²) in [6.45, 7) is 0.355. The molecule has 0 aliphatic carbocycles. The number of anilines is 2. The fourth-order valence-corrected chi connectivity index (χ4v) is 3.31. The molecule has 0 spiro atoms. The number of nitrogens with one attached hydrogen (secondary N) is 2. The summed E-state index contributed by atoms with van der Waals surface area (Å²) in [6.07, 6.45) is 0.202. The normalized spacial score (nSPS) is 15.5. The van der Waals surface area contributed by atoms with Gasteiger partial charge in [-0.2, -0.15) is 0 Å². The molecule has 1 saturated heterocycles. The third-order valence-electron chi connectivity index (χ3n) is 4.78. The molecule has 9 heteroatoms. The predicted molar refractivity (Wildman–Crippen MR) is 112 cm³/mol. The van der Waals surface area contributed by atoms with Crippen LogP contribution in [0.15, 0.2) is 36.4 Å². The van der Waals surface area contributed by atoms with Crippen molar-refractivity contribution in [2.75, 3.05) is 45.2 Å². The van der Waals surface area contributed by atoms with Gasteiger partial charge < -0.3 is 34.5 Å². The number of hydrogen-bond donors (Lipinski definition) is 2. The summed E-state index contributed by atoms with van der Waals surface area (Å²) in [7, 11) is 6.15. The maximum absolute atomic E-state index is 12.5. The zero-order valence-corrected chi connectivity index (χ0v) is 17.4. The van der Waals surface area contributed by atoms with Crippen LogP contribution in [0, 0.1) is 0 Å². The first-order chi connectivity index (χ1) is 14.5. The Labute approximate surface area is 174 Å². The first kappa shape index (κ1) is 21.1. The highest BCUT2D eigenvalue weighted by molar-refractivity contribution is 5.98. The van der Waals surface area contributed by atoms with E-state index in [9.17, 15) is 9.59 Å². The van der Waals surface area contributed by atoms with E-state index in [1.165, 1.54) is 14.2 Å². The van der Waals surface area contributed by atoms with Gasteiger partial charge in [-0.05, 0) is 24.3 Å². The van der Waals surface area contributed by atoms with Crippen LogP contribution < -0.4 is 34.5 Å². The Bertz CT molecular complexity index is 933. The molecule has 0 radical (unpaired) electrons. The summed E-state index contributed by atoms with van der Waals surface area (Å²) < 4.78 is 21.0. The zero-order chi connectivity index (χ0) is 21.7. The third-order valence-corrected chi connectivity index (χ3v) is 4.78. The van der Waals surface area contributed by atoms with Gasteiger partial charge >= 0.3 is 6.03 Å². The second-order valence-electron chi connectivity index (χ2n) is 6.61. The molecule has 2 aromatic carbocycles. The number of benzene rings is 2. The second-order valence-corrected chi connectivity index (χ2v) is 6.61. The SMILES string of the molecule is COc1ccc(NC(=O)NC2CC(=O)N(c3ccc(OC)c(OC)c3)C2)cc1OC. The van der Waals surface area contributed by atoms with Crippen molar-refractivity contribution in [3.8, 4) is 23.0 Å². The zero-order valence-electron chi connectivity index (χ0n) is 17.4. The molecule has 1 unspecified atom stereocenters. The number of rotatable bonds is 7. The average Bonchev–Trinajstić information content (AvgIpc) is 3.12. The maximum Gasteiger partial charge on any atom is 0.319 e. The molecule has 3 rings (SSSR count). The van der Waals surface area contributed by atoms with Crippen LogP contribution in [0.4, 0.5) is 16.2 Å². The number of nitrogens with zero attached hydrogens (tertiary/aromatic N) is 1. The van der Waals surface area contributed by atoms with E-state index < -0.39 is 6.03 Å². The van der Waals surface area contributed by atoms with E-state index in [-0.39, 0.29) is 18.4 Å². The van der Waals surface area contributed by atoms with Crippen LogP contribution in [0.5, 0.6) is 23.0 Å². The fourth-order valence-electron chi connectivity index (χ4n) is 3.31. The van der Waals surface area contributed by atoms with Crippen molar-refractivity contribution in [3.05, 3.63) is 36.4 Å². The molecule has 0 bridgehead atoms. The van der Waals surface area contributed by atoms with Gasteiger partial charge in [0.25, 0.3) is 0 Å².